The van der Waals surface area contributed by atoms with Gasteiger partial charge in [0.05, 0.1) is 0 Å². The molecule has 0 aromatic carbocycles. The smallest absolute Gasteiger partial charge is 0.306 e. The lowest BCUT2D eigenvalue weighted by atomic mass is 10.0. The van der Waals surface area contributed by atoms with Gasteiger partial charge in [0.25, 0.3) is 0 Å². The molecule has 0 aliphatic carbocycles. The summed E-state index contributed by atoms with van der Waals surface area (Å²) in [5.41, 5.74) is 0. The van der Waals surface area contributed by atoms with Crippen LogP contribution < -0.4 is 0 Å². The number of unbranched alkanes of at least 4 members (excludes halogenated alkanes) is 30. The molecule has 6 nitrogen and oxygen atoms in total. The van der Waals surface area contributed by atoms with Gasteiger partial charge in [0.15, 0.2) is 6.10 Å². The van der Waals surface area contributed by atoms with Gasteiger partial charge in [-0.15, -0.1) is 0 Å². The predicted octanol–water partition coefficient (Wildman–Crippen LogP) is 15.1. The highest BCUT2D eigenvalue weighted by atomic mass is 16.6. The molecule has 0 aromatic rings. The van der Waals surface area contributed by atoms with Gasteiger partial charge >= 0.3 is 17.9 Å². The van der Waals surface area contributed by atoms with Crippen molar-refractivity contribution in [2.24, 2.45) is 5.92 Å². The molecule has 0 radical (unpaired) electrons. The molecule has 0 unspecified atom stereocenters. The maximum absolute atomic E-state index is 12.7. The molecule has 54 heavy (non-hydrogen) atoms. The van der Waals surface area contributed by atoms with Crippen LogP contribution in [0, 0.1) is 5.92 Å². The van der Waals surface area contributed by atoms with Crippen molar-refractivity contribution in [2.75, 3.05) is 13.2 Å². The molecule has 0 saturated carbocycles. The Labute approximate surface area is 336 Å². The first kappa shape index (κ1) is 52.4. The Morgan fingerprint density at radius 3 is 0.907 bits per heavy atom. The molecular weight excluding hydrogens is 673 g/mol. The quantitative estimate of drug-likeness (QED) is 0.0349. The molecule has 320 valence electrons. The summed E-state index contributed by atoms with van der Waals surface area (Å²) in [6.07, 6.45) is 42.3. The summed E-state index contributed by atoms with van der Waals surface area (Å²) < 4.78 is 16.7. The van der Waals surface area contributed by atoms with E-state index in [0.717, 1.165) is 63.7 Å². The van der Waals surface area contributed by atoms with E-state index in [1.807, 2.05) is 0 Å². The lowest BCUT2D eigenvalue weighted by Crippen LogP contribution is -2.30. The van der Waals surface area contributed by atoms with Crippen molar-refractivity contribution < 1.29 is 28.6 Å². The Kier molecular flexibility index (Phi) is 41.3. The number of hydrogen-bond acceptors (Lipinski definition) is 6. The number of hydrogen-bond donors (Lipinski definition) is 0. The molecule has 0 bridgehead atoms. The average Bonchev–Trinajstić information content (AvgIpc) is 3.15. The maximum Gasteiger partial charge on any atom is 0.306 e. The van der Waals surface area contributed by atoms with E-state index in [0.29, 0.717) is 19.3 Å². The number of esters is 3. The minimum absolute atomic E-state index is 0.0638. The summed E-state index contributed by atoms with van der Waals surface area (Å²) in [7, 11) is 0. The Morgan fingerprint density at radius 1 is 0.352 bits per heavy atom. The molecule has 0 saturated heterocycles. The van der Waals surface area contributed by atoms with Crippen LogP contribution in [0.15, 0.2) is 0 Å². The van der Waals surface area contributed by atoms with E-state index >= 15 is 0 Å². The van der Waals surface area contributed by atoms with Crippen LogP contribution in [0.2, 0.25) is 0 Å². The van der Waals surface area contributed by atoms with Gasteiger partial charge in [-0.3, -0.25) is 14.4 Å². The molecule has 0 amide bonds. The van der Waals surface area contributed by atoms with E-state index in [4.69, 9.17) is 14.2 Å². The maximum atomic E-state index is 12.7. The summed E-state index contributed by atoms with van der Waals surface area (Å²) >= 11 is 0. The summed E-state index contributed by atoms with van der Waals surface area (Å²) in [6, 6.07) is 0. The normalized spacial score (nSPS) is 11.9. The van der Waals surface area contributed by atoms with Crippen molar-refractivity contribution in [3.05, 3.63) is 0 Å². The van der Waals surface area contributed by atoms with Gasteiger partial charge in [0, 0.05) is 19.3 Å². The number of carbonyl (C=O) groups is 3. The standard InChI is InChI=1S/C48H92O6/c1-5-7-9-11-13-15-17-19-20-22-24-28-33-37-41-48(51)54-45(43-53-47(50)40-36-32-29-25-26-30-34-38-44(3)4)42-52-46(49)39-35-31-27-23-21-18-16-14-12-10-8-6-2/h44-45H,5-43H2,1-4H3/t45-/m0/s1. The average molecular weight is 765 g/mol. The molecule has 0 rings (SSSR count). The molecule has 0 aliphatic heterocycles. The molecule has 0 N–H and O–H groups in total. The van der Waals surface area contributed by atoms with Crippen molar-refractivity contribution in [3.63, 3.8) is 0 Å². The fraction of sp³-hybridized carbons (Fsp3) is 0.938. The van der Waals surface area contributed by atoms with Crippen LogP contribution in [0.25, 0.3) is 0 Å². The Hall–Kier alpha value is -1.59. The van der Waals surface area contributed by atoms with E-state index in [1.54, 1.807) is 0 Å². The molecule has 1 atom stereocenters. The number of rotatable bonds is 43. The van der Waals surface area contributed by atoms with Gasteiger partial charge in [-0.2, -0.15) is 0 Å². The highest BCUT2D eigenvalue weighted by molar-refractivity contribution is 5.71. The van der Waals surface area contributed by atoms with Gasteiger partial charge in [-0.1, -0.05) is 227 Å². The molecule has 0 aromatic heterocycles. The molecular formula is C48H92O6. The monoisotopic (exact) mass is 765 g/mol. The van der Waals surface area contributed by atoms with Crippen LogP contribution in [0.1, 0.15) is 265 Å². The largest absolute Gasteiger partial charge is 0.462 e. The van der Waals surface area contributed by atoms with E-state index < -0.39 is 6.10 Å². The molecule has 0 spiro atoms. The summed E-state index contributed by atoms with van der Waals surface area (Å²) in [5, 5.41) is 0. The van der Waals surface area contributed by atoms with Crippen molar-refractivity contribution in [3.8, 4) is 0 Å². The fourth-order valence-electron chi connectivity index (χ4n) is 7.16. The SMILES string of the molecule is CCCCCCCCCCCCCCCCC(=O)O[C@@H](COC(=O)CCCCCCCCCCCCCC)COC(=O)CCCCCCCCCC(C)C. The van der Waals surface area contributed by atoms with E-state index in [2.05, 4.69) is 27.7 Å². The van der Waals surface area contributed by atoms with Crippen LogP contribution in [-0.2, 0) is 28.6 Å². The Morgan fingerprint density at radius 2 is 0.611 bits per heavy atom. The summed E-state index contributed by atoms with van der Waals surface area (Å²) in [6.45, 7) is 8.96. The van der Waals surface area contributed by atoms with Crippen molar-refractivity contribution in [1.29, 1.82) is 0 Å². The first-order valence-corrected chi connectivity index (χ1v) is 23.9. The van der Waals surface area contributed by atoms with Gasteiger partial charge in [0.1, 0.15) is 13.2 Å². The Bertz CT molecular complexity index is 811. The summed E-state index contributed by atoms with van der Waals surface area (Å²) in [4.78, 5) is 37.7. The van der Waals surface area contributed by atoms with E-state index in [-0.39, 0.29) is 31.1 Å². The molecule has 0 heterocycles. The second-order valence-corrected chi connectivity index (χ2v) is 16.9. The third-order valence-corrected chi connectivity index (χ3v) is 10.8. The first-order chi connectivity index (χ1) is 26.4. The minimum Gasteiger partial charge on any atom is -0.462 e. The highest BCUT2D eigenvalue weighted by Crippen LogP contribution is 2.16. The topological polar surface area (TPSA) is 78.9 Å². The van der Waals surface area contributed by atoms with E-state index in [9.17, 15) is 14.4 Å². The third-order valence-electron chi connectivity index (χ3n) is 10.8. The van der Waals surface area contributed by atoms with Crippen LogP contribution in [0.5, 0.6) is 0 Å². The van der Waals surface area contributed by atoms with Crippen LogP contribution in [-0.4, -0.2) is 37.2 Å². The molecule has 6 heteroatoms. The second-order valence-electron chi connectivity index (χ2n) is 16.9. The van der Waals surface area contributed by atoms with Gasteiger partial charge in [-0.05, 0) is 25.2 Å². The van der Waals surface area contributed by atoms with Gasteiger partial charge in [0.2, 0.25) is 0 Å². The van der Waals surface area contributed by atoms with Crippen LogP contribution in [0.3, 0.4) is 0 Å². The zero-order valence-electron chi connectivity index (χ0n) is 36.7. The zero-order chi connectivity index (χ0) is 39.6. The van der Waals surface area contributed by atoms with E-state index in [1.165, 1.54) is 161 Å². The molecule has 0 fully saturated rings. The first-order valence-electron chi connectivity index (χ1n) is 23.9. The minimum atomic E-state index is -0.759. The van der Waals surface area contributed by atoms with Crippen molar-refractivity contribution >= 4 is 17.9 Å². The number of carbonyl (C=O) groups excluding carboxylic acids is 3. The van der Waals surface area contributed by atoms with Gasteiger partial charge in [-0.25, -0.2) is 0 Å². The van der Waals surface area contributed by atoms with Gasteiger partial charge < -0.3 is 14.2 Å². The Balaban J connectivity index is 4.32. The van der Waals surface area contributed by atoms with Crippen molar-refractivity contribution in [1.82, 2.24) is 0 Å². The lowest BCUT2D eigenvalue weighted by molar-refractivity contribution is -0.167. The predicted molar refractivity (Wildman–Crippen MR) is 229 cm³/mol. The van der Waals surface area contributed by atoms with Crippen molar-refractivity contribution in [2.45, 2.75) is 271 Å². The lowest BCUT2D eigenvalue weighted by Gasteiger charge is -2.18. The molecule has 0 aliphatic rings. The summed E-state index contributed by atoms with van der Waals surface area (Å²) in [5.74, 6) is -0.0713. The highest BCUT2D eigenvalue weighted by Gasteiger charge is 2.19. The number of ether oxygens (including phenoxy) is 3. The van der Waals surface area contributed by atoms with Crippen LogP contribution >= 0.6 is 0 Å². The third kappa shape index (κ3) is 41.6. The second kappa shape index (κ2) is 42.6. The van der Waals surface area contributed by atoms with Crippen LogP contribution in [0.4, 0.5) is 0 Å². The fourth-order valence-corrected chi connectivity index (χ4v) is 7.16. The zero-order valence-corrected chi connectivity index (χ0v) is 36.7.